The van der Waals surface area contributed by atoms with Crippen molar-refractivity contribution in [1.29, 1.82) is 0 Å². The number of carbonyl (C=O) groups excluding carboxylic acids is 1. The van der Waals surface area contributed by atoms with Crippen LogP contribution in [0, 0.1) is 0 Å². The zero-order valence-corrected chi connectivity index (χ0v) is 19.3. The highest BCUT2D eigenvalue weighted by molar-refractivity contribution is 6.33. The van der Waals surface area contributed by atoms with Crippen LogP contribution in [-0.4, -0.2) is 40.1 Å². The van der Waals surface area contributed by atoms with Crippen molar-refractivity contribution in [3.8, 4) is 11.1 Å². The number of carboxylic acid groups (broad SMARTS) is 2. The SMILES string of the molecule is CC(NCc1ccccc1-c1ccc(CC(NC(=O)c2ccccc2Cl)C(=O)O)cc1)C(=O)O. The lowest BCUT2D eigenvalue weighted by atomic mass is 9.97. The van der Waals surface area contributed by atoms with Gasteiger partial charge in [-0.05, 0) is 41.3 Å². The first kappa shape index (κ1) is 25.0. The Labute approximate surface area is 202 Å². The number of rotatable bonds is 10. The van der Waals surface area contributed by atoms with Crippen LogP contribution in [0.1, 0.15) is 28.4 Å². The standard InChI is InChI=1S/C26H25ClN2O5/c1-16(25(31)32)28-15-19-6-2-3-7-20(19)18-12-10-17(11-13-18)14-23(26(33)34)29-24(30)21-8-4-5-9-22(21)27/h2-13,16,23,28H,14-15H2,1H3,(H,29,30)(H,31,32)(H,33,34). The Balaban J connectivity index is 1.72. The van der Waals surface area contributed by atoms with Crippen LogP contribution in [0.3, 0.4) is 0 Å². The molecule has 0 saturated carbocycles. The fraction of sp³-hybridized carbons (Fsp3) is 0.192. The quantitative estimate of drug-likeness (QED) is 0.348. The summed E-state index contributed by atoms with van der Waals surface area (Å²) in [6.07, 6.45) is 0.102. The highest BCUT2D eigenvalue weighted by Crippen LogP contribution is 2.25. The lowest BCUT2D eigenvalue weighted by Gasteiger charge is -2.16. The molecule has 3 rings (SSSR count). The second-order valence-electron chi connectivity index (χ2n) is 7.84. The second-order valence-corrected chi connectivity index (χ2v) is 8.25. The van der Waals surface area contributed by atoms with Crippen LogP contribution in [0.15, 0.2) is 72.8 Å². The van der Waals surface area contributed by atoms with Crippen molar-refractivity contribution in [2.45, 2.75) is 32.0 Å². The molecule has 0 aromatic heterocycles. The number of benzene rings is 3. The Morgan fingerprint density at radius 1 is 0.882 bits per heavy atom. The van der Waals surface area contributed by atoms with Crippen molar-refractivity contribution in [2.75, 3.05) is 0 Å². The van der Waals surface area contributed by atoms with Gasteiger partial charge in [0.25, 0.3) is 5.91 Å². The third-order valence-electron chi connectivity index (χ3n) is 5.41. The maximum absolute atomic E-state index is 12.5. The van der Waals surface area contributed by atoms with Crippen molar-refractivity contribution >= 4 is 29.4 Å². The fourth-order valence-corrected chi connectivity index (χ4v) is 3.67. The van der Waals surface area contributed by atoms with E-state index in [1.165, 1.54) is 6.07 Å². The third kappa shape index (κ3) is 6.43. The zero-order chi connectivity index (χ0) is 24.7. The summed E-state index contributed by atoms with van der Waals surface area (Å²) in [4.78, 5) is 35.3. The van der Waals surface area contributed by atoms with E-state index in [0.29, 0.717) is 6.54 Å². The normalized spacial score (nSPS) is 12.5. The van der Waals surface area contributed by atoms with Crippen LogP contribution in [0.25, 0.3) is 11.1 Å². The Morgan fingerprint density at radius 2 is 1.53 bits per heavy atom. The molecule has 0 heterocycles. The largest absolute Gasteiger partial charge is 0.480 e. The van der Waals surface area contributed by atoms with E-state index in [-0.39, 0.29) is 17.0 Å². The smallest absolute Gasteiger partial charge is 0.326 e. The molecular formula is C26H25ClN2O5. The van der Waals surface area contributed by atoms with Gasteiger partial charge >= 0.3 is 11.9 Å². The average Bonchev–Trinajstić information content (AvgIpc) is 2.82. The van der Waals surface area contributed by atoms with Crippen molar-refractivity contribution in [3.05, 3.63) is 94.5 Å². The number of halogens is 1. The lowest BCUT2D eigenvalue weighted by molar-refractivity contribution is -0.140. The van der Waals surface area contributed by atoms with E-state index in [0.717, 1.165) is 22.3 Å². The molecule has 2 unspecified atom stereocenters. The first-order valence-electron chi connectivity index (χ1n) is 10.7. The predicted octanol–water partition coefficient (Wildman–Crippen LogP) is 4.00. The molecule has 2 atom stereocenters. The summed E-state index contributed by atoms with van der Waals surface area (Å²) < 4.78 is 0. The van der Waals surface area contributed by atoms with Gasteiger partial charge in [-0.25, -0.2) is 4.79 Å². The molecule has 0 aliphatic carbocycles. The van der Waals surface area contributed by atoms with Crippen molar-refractivity contribution < 1.29 is 24.6 Å². The van der Waals surface area contributed by atoms with Crippen LogP contribution in [0.4, 0.5) is 0 Å². The van der Waals surface area contributed by atoms with E-state index < -0.39 is 29.9 Å². The first-order chi connectivity index (χ1) is 16.3. The Kier molecular flexibility index (Phi) is 8.40. The zero-order valence-electron chi connectivity index (χ0n) is 18.5. The van der Waals surface area contributed by atoms with Crippen molar-refractivity contribution in [3.63, 3.8) is 0 Å². The summed E-state index contributed by atoms with van der Waals surface area (Å²) in [5, 5.41) is 24.5. The van der Waals surface area contributed by atoms with Gasteiger partial charge in [0, 0.05) is 13.0 Å². The van der Waals surface area contributed by atoms with Crippen molar-refractivity contribution in [1.82, 2.24) is 10.6 Å². The molecule has 3 aromatic rings. The Bertz CT molecular complexity index is 1180. The monoisotopic (exact) mass is 480 g/mol. The third-order valence-corrected chi connectivity index (χ3v) is 5.74. The fourth-order valence-electron chi connectivity index (χ4n) is 3.44. The molecule has 0 spiro atoms. The predicted molar refractivity (Wildman–Crippen MR) is 130 cm³/mol. The average molecular weight is 481 g/mol. The van der Waals surface area contributed by atoms with E-state index in [4.69, 9.17) is 16.7 Å². The maximum atomic E-state index is 12.5. The highest BCUT2D eigenvalue weighted by atomic mass is 35.5. The highest BCUT2D eigenvalue weighted by Gasteiger charge is 2.22. The summed E-state index contributed by atoms with van der Waals surface area (Å²) in [5.41, 5.74) is 3.76. The van der Waals surface area contributed by atoms with E-state index >= 15 is 0 Å². The van der Waals surface area contributed by atoms with Gasteiger partial charge in [-0.1, -0.05) is 72.3 Å². The number of carbonyl (C=O) groups is 3. The number of amides is 1. The number of carboxylic acids is 2. The maximum Gasteiger partial charge on any atom is 0.326 e. The first-order valence-corrected chi connectivity index (χ1v) is 11.1. The molecule has 1 amide bonds. The van der Waals surface area contributed by atoms with Crippen LogP contribution in [0.5, 0.6) is 0 Å². The number of aliphatic carboxylic acids is 2. The Morgan fingerprint density at radius 3 is 2.18 bits per heavy atom. The van der Waals surface area contributed by atoms with E-state index in [1.54, 1.807) is 25.1 Å². The van der Waals surface area contributed by atoms with Crippen LogP contribution in [-0.2, 0) is 22.6 Å². The summed E-state index contributed by atoms with van der Waals surface area (Å²) in [6, 6.07) is 19.7. The molecule has 3 aromatic carbocycles. The van der Waals surface area contributed by atoms with E-state index in [9.17, 15) is 19.5 Å². The van der Waals surface area contributed by atoms with Gasteiger partial charge in [-0.15, -0.1) is 0 Å². The molecule has 8 heteroatoms. The summed E-state index contributed by atoms with van der Waals surface area (Å²) in [7, 11) is 0. The van der Waals surface area contributed by atoms with Crippen LogP contribution >= 0.6 is 11.6 Å². The van der Waals surface area contributed by atoms with Gasteiger partial charge in [0.2, 0.25) is 0 Å². The molecule has 0 saturated heterocycles. The van der Waals surface area contributed by atoms with Gasteiger partial charge in [-0.3, -0.25) is 9.59 Å². The minimum Gasteiger partial charge on any atom is -0.480 e. The molecule has 0 aliphatic heterocycles. The number of nitrogens with one attached hydrogen (secondary N) is 2. The lowest BCUT2D eigenvalue weighted by Crippen LogP contribution is -2.42. The van der Waals surface area contributed by atoms with E-state index in [2.05, 4.69) is 10.6 Å². The van der Waals surface area contributed by atoms with Gasteiger partial charge < -0.3 is 20.8 Å². The molecule has 0 aliphatic rings. The van der Waals surface area contributed by atoms with Gasteiger partial charge in [0.1, 0.15) is 12.1 Å². The molecule has 0 radical (unpaired) electrons. The van der Waals surface area contributed by atoms with Gasteiger partial charge in [0.05, 0.1) is 10.6 Å². The van der Waals surface area contributed by atoms with Crippen molar-refractivity contribution in [2.24, 2.45) is 0 Å². The minimum atomic E-state index is -1.14. The second kappa shape index (κ2) is 11.4. The molecule has 4 N–H and O–H groups in total. The topological polar surface area (TPSA) is 116 Å². The van der Waals surface area contributed by atoms with Gasteiger partial charge in [0.15, 0.2) is 0 Å². The number of hydrogen-bond donors (Lipinski definition) is 4. The molecule has 0 bridgehead atoms. The molecule has 0 fully saturated rings. The Hall–Kier alpha value is -3.68. The minimum absolute atomic E-state index is 0.102. The number of hydrogen-bond acceptors (Lipinski definition) is 4. The van der Waals surface area contributed by atoms with Crippen LogP contribution in [0.2, 0.25) is 5.02 Å². The molecule has 176 valence electrons. The van der Waals surface area contributed by atoms with E-state index in [1.807, 2.05) is 48.5 Å². The van der Waals surface area contributed by atoms with Gasteiger partial charge in [-0.2, -0.15) is 0 Å². The molecular weight excluding hydrogens is 456 g/mol. The summed E-state index contributed by atoms with van der Waals surface area (Å²) >= 11 is 6.04. The summed E-state index contributed by atoms with van der Waals surface area (Å²) in [5.74, 6) is -2.61. The molecule has 7 nitrogen and oxygen atoms in total. The van der Waals surface area contributed by atoms with Crippen LogP contribution < -0.4 is 10.6 Å². The summed E-state index contributed by atoms with van der Waals surface area (Å²) in [6.45, 7) is 1.98. The molecule has 34 heavy (non-hydrogen) atoms.